The number of benzene rings is 1. The predicted molar refractivity (Wildman–Crippen MR) is 58.3 cm³/mol. The van der Waals surface area contributed by atoms with Crippen molar-refractivity contribution in [3.8, 4) is 11.5 Å². The highest BCUT2D eigenvalue weighted by molar-refractivity contribution is 7.98. The minimum atomic E-state index is -1.03. The first-order valence-corrected chi connectivity index (χ1v) is 5.39. The van der Waals surface area contributed by atoms with E-state index in [1.807, 2.05) is 6.26 Å². The van der Waals surface area contributed by atoms with E-state index in [2.05, 4.69) is 0 Å². The van der Waals surface area contributed by atoms with Gasteiger partial charge >= 0.3 is 5.97 Å². The molecule has 0 saturated carbocycles. The topological polar surface area (TPSA) is 55.8 Å². The van der Waals surface area contributed by atoms with Gasteiger partial charge in [0.2, 0.25) is 0 Å². The van der Waals surface area contributed by atoms with E-state index >= 15 is 0 Å². The van der Waals surface area contributed by atoms with Gasteiger partial charge in [-0.1, -0.05) is 0 Å². The lowest BCUT2D eigenvalue weighted by atomic mass is 10.2. The van der Waals surface area contributed by atoms with E-state index in [9.17, 15) is 4.79 Å². The second kappa shape index (κ2) is 4.93. The molecule has 0 radical (unpaired) electrons. The summed E-state index contributed by atoms with van der Waals surface area (Å²) in [4.78, 5) is 11.7. The summed E-state index contributed by atoms with van der Waals surface area (Å²) in [5.74, 6) is -0.144. The van der Waals surface area contributed by atoms with Crippen molar-refractivity contribution < 1.29 is 19.4 Å². The Morgan fingerprint density at radius 1 is 1.33 bits per heavy atom. The Labute approximate surface area is 92.2 Å². The summed E-state index contributed by atoms with van der Waals surface area (Å²) in [7, 11) is 2.95. The fourth-order valence-corrected chi connectivity index (χ4v) is 1.83. The molecular weight excluding hydrogens is 216 g/mol. The molecule has 1 aromatic carbocycles. The Balaban J connectivity index is 3.39. The third-order valence-electron chi connectivity index (χ3n) is 1.92. The Hall–Kier alpha value is -1.36. The maximum atomic E-state index is 11.0. The lowest BCUT2D eigenvalue weighted by Gasteiger charge is -2.11. The molecule has 15 heavy (non-hydrogen) atoms. The largest absolute Gasteiger partial charge is 0.497 e. The van der Waals surface area contributed by atoms with Crippen LogP contribution in [0.5, 0.6) is 11.5 Å². The molecular formula is C10H12O4S. The fourth-order valence-electron chi connectivity index (χ4n) is 1.22. The van der Waals surface area contributed by atoms with Gasteiger partial charge in [0, 0.05) is 0 Å². The average Bonchev–Trinajstić information content (AvgIpc) is 2.26. The second-order valence-electron chi connectivity index (χ2n) is 2.72. The molecule has 0 spiro atoms. The van der Waals surface area contributed by atoms with Gasteiger partial charge in [0.05, 0.1) is 19.1 Å². The molecule has 0 amide bonds. The molecule has 0 fully saturated rings. The minimum absolute atomic E-state index is 0.112. The van der Waals surface area contributed by atoms with Crippen molar-refractivity contribution in [2.45, 2.75) is 4.90 Å². The number of ether oxygens (including phenoxy) is 2. The second-order valence-corrected chi connectivity index (χ2v) is 3.56. The van der Waals surface area contributed by atoms with Crippen LogP contribution in [0, 0.1) is 0 Å². The average molecular weight is 228 g/mol. The van der Waals surface area contributed by atoms with E-state index in [0.29, 0.717) is 11.5 Å². The number of hydrogen-bond donors (Lipinski definition) is 1. The van der Waals surface area contributed by atoms with Crippen LogP contribution in [0.25, 0.3) is 0 Å². The molecule has 1 rings (SSSR count). The van der Waals surface area contributed by atoms with E-state index in [-0.39, 0.29) is 5.56 Å². The molecule has 1 aromatic rings. The number of thioether (sulfide) groups is 1. The smallest absolute Gasteiger partial charge is 0.339 e. The zero-order chi connectivity index (χ0) is 11.4. The van der Waals surface area contributed by atoms with Crippen LogP contribution in [0.15, 0.2) is 17.0 Å². The van der Waals surface area contributed by atoms with Gasteiger partial charge in [0.15, 0.2) is 0 Å². The molecule has 0 aromatic heterocycles. The molecule has 0 saturated heterocycles. The van der Waals surface area contributed by atoms with E-state index in [4.69, 9.17) is 14.6 Å². The highest BCUT2D eigenvalue weighted by Crippen LogP contribution is 2.35. The third kappa shape index (κ3) is 2.36. The number of carboxylic acids is 1. The molecule has 0 heterocycles. The molecule has 5 heteroatoms. The zero-order valence-corrected chi connectivity index (χ0v) is 9.55. The van der Waals surface area contributed by atoms with Crippen molar-refractivity contribution >= 4 is 17.7 Å². The molecule has 0 aliphatic heterocycles. The van der Waals surface area contributed by atoms with Crippen molar-refractivity contribution in [3.05, 3.63) is 17.7 Å². The normalized spacial score (nSPS) is 9.80. The summed E-state index contributed by atoms with van der Waals surface area (Å²) < 4.78 is 10.1. The molecule has 0 bridgehead atoms. The van der Waals surface area contributed by atoms with Gasteiger partial charge in [-0.25, -0.2) is 4.79 Å². The summed E-state index contributed by atoms with van der Waals surface area (Å²) in [6, 6.07) is 3.19. The Kier molecular flexibility index (Phi) is 3.85. The Morgan fingerprint density at radius 2 is 2.00 bits per heavy atom. The SMILES string of the molecule is COc1cc(SC)c(OC)c(C(=O)O)c1. The van der Waals surface area contributed by atoms with Gasteiger partial charge in [-0.3, -0.25) is 0 Å². The highest BCUT2D eigenvalue weighted by Gasteiger charge is 2.16. The summed E-state index contributed by atoms with van der Waals surface area (Å²) in [6.07, 6.45) is 1.85. The lowest BCUT2D eigenvalue weighted by molar-refractivity contribution is 0.0692. The van der Waals surface area contributed by atoms with Crippen LogP contribution in [0.2, 0.25) is 0 Å². The zero-order valence-electron chi connectivity index (χ0n) is 8.73. The first-order chi connectivity index (χ1) is 7.13. The maximum Gasteiger partial charge on any atom is 0.339 e. The fraction of sp³-hybridized carbons (Fsp3) is 0.300. The summed E-state index contributed by atoms with van der Waals surface area (Å²) in [6.45, 7) is 0. The third-order valence-corrected chi connectivity index (χ3v) is 2.66. The van der Waals surface area contributed by atoms with Crippen LogP contribution in [-0.4, -0.2) is 31.6 Å². The summed E-state index contributed by atoms with van der Waals surface area (Å²) in [5.41, 5.74) is 0.112. The molecule has 0 unspecified atom stereocenters. The molecule has 1 N–H and O–H groups in total. The first-order valence-electron chi connectivity index (χ1n) is 4.17. The first kappa shape index (κ1) is 11.7. The number of aromatic carboxylic acids is 1. The van der Waals surface area contributed by atoms with Crippen molar-refractivity contribution in [2.75, 3.05) is 20.5 Å². The number of methoxy groups -OCH3 is 2. The van der Waals surface area contributed by atoms with Gasteiger partial charge in [-0.2, -0.15) is 0 Å². The molecule has 4 nitrogen and oxygen atoms in total. The van der Waals surface area contributed by atoms with E-state index < -0.39 is 5.97 Å². The van der Waals surface area contributed by atoms with E-state index in [1.54, 1.807) is 6.07 Å². The van der Waals surface area contributed by atoms with Crippen molar-refractivity contribution in [2.24, 2.45) is 0 Å². The standard InChI is InChI=1S/C10H12O4S/c1-13-6-4-7(10(11)12)9(14-2)8(5-6)15-3/h4-5H,1-3H3,(H,11,12). The van der Waals surface area contributed by atoms with E-state index in [1.165, 1.54) is 32.0 Å². The van der Waals surface area contributed by atoms with Gasteiger partial charge < -0.3 is 14.6 Å². The van der Waals surface area contributed by atoms with Gasteiger partial charge in [-0.05, 0) is 18.4 Å². The Bertz CT molecular complexity index is 376. The van der Waals surface area contributed by atoms with Crippen LogP contribution in [-0.2, 0) is 0 Å². The monoisotopic (exact) mass is 228 g/mol. The van der Waals surface area contributed by atoms with Crippen molar-refractivity contribution in [3.63, 3.8) is 0 Å². The van der Waals surface area contributed by atoms with Gasteiger partial charge in [0.25, 0.3) is 0 Å². The number of carboxylic acid groups (broad SMARTS) is 1. The molecule has 0 atom stereocenters. The van der Waals surface area contributed by atoms with E-state index in [0.717, 1.165) is 4.90 Å². The molecule has 82 valence electrons. The van der Waals surface area contributed by atoms with Crippen molar-refractivity contribution in [1.82, 2.24) is 0 Å². The molecule has 0 aliphatic rings. The van der Waals surface area contributed by atoms with Gasteiger partial charge in [0.1, 0.15) is 17.1 Å². The van der Waals surface area contributed by atoms with Crippen LogP contribution in [0.4, 0.5) is 0 Å². The predicted octanol–water partition coefficient (Wildman–Crippen LogP) is 2.12. The van der Waals surface area contributed by atoms with Crippen LogP contribution >= 0.6 is 11.8 Å². The number of carbonyl (C=O) groups is 1. The maximum absolute atomic E-state index is 11.0. The number of hydrogen-bond acceptors (Lipinski definition) is 4. The van der Waals surface area contributed by atoms with Crippen LogP contribution in [0.3, 0.4) is 0 Å². The van der Waals surface area contributed by atoms with Crippen LogP contribution in [0.1, 0.15) is 10.4 Å². The summed E-state index contributed by atoms with van der Waals surface area (Å²) in [5, 5.41) is 8.99. The highest BCUT2D eigenvalue weighted by atomic mass is 32.2. The minimum Gasteiger partial charge on any atom is -0.497 e. The van der Waals surface area contributed by atoms with Gasteiger partial charge in [-0.15, -0.1) is 11.8 Å². The lowest BCUT2D eigenvalue weighted by Crippen LogP contribution is -2.02. The molecule has 0 aliphatic carbocycles. The Morgan fingerprint density at radius 3 is 2.40 bits per heavy atom. The van der Waals surface area contributed by atoms with Crippen molar-refractivity contribution in [1.29, 1.82) is 0 Å². The quantitative estimate of drug-likeness (QED) is 0.800. The van der Waals surface area contributed by atoms with Crippen LogP contribution < -0.4 is 9.47 Å². The summed E-state index contributed by atoms with van der Waals surface area (Å²) >= 11 is 1.41. The number of rotatable bonds is 4.